The first-order valence-electron chi connectivity index (χ1n) is 8.75. The standard InChI is InChI=1S/C18H25F2N3O2/c1-22-6-4-18(5-7-22,23-8-10-25-11-9-23)13-21-17(24)14-2-3-15(19)16(20)12-14/h2-3,12H,4-11,13H2,1H3,(H,21,24). The van der Waals surface area contributed by atoms with E-state index in [1.54, 1.807) is 0 Å². The molecule has 1 aromatic carbocycles. The lowest BCUT2D eigenvalue weighted by Gasteiger charge is -2.49. The van der Waals surface area contributed by atoms with Crippen LogP contribution in [0.1, 0.15) is 23.2 Å². The summed E-state index contributed by atoms with van der Waals surface area (Å²) < 4.78 is 31.9. The molecule has 0 aliphatic carbocycles. The van der Waals surface area contributed by atoms with Crippen LogP contribution < -0.4 is 5.32 Å². The van der Waals surface area contributed by atoms with Gasteiger partial charge in [-0.15, -0.1) is 0 Å². The maximum absolute atomic E-state index is 13.4. The van der Waals surface area contributed by atoms with Crippen molar-refractivity contribution in [3.05, 3.63) is 35.4 Å². The van der Waals surface area contributed by atoms with Gasteiger partial charge in [-0.1, -0.05) is 0 Å². The molecule has 1 N–H and O–H groups in total. The monoisotopic (exact) mass is 353 g/mol. The minimum atomic E-state index is -1.00. The maximum Gasteiger partial charge on any atom is 0.251 e. The number of nitrogens with zero attached hydrogens (tertiary/aromatic N) is 2. The van der Waals surface area contributed by atoms with Crippen LogP contribution in [0.2, 0.25) is 0 Å². The molecule has 5 nitrogen and oxygen atoms in total. The molecule has 0 radical (unpaired) electrons. The lowest BCUT2D eigenvalue weighted by Crippen LogP contribution is -2.62. The molecule has 0 spiro atoms. The molecular weight excluding hydrogens is 328 g/mol. The van der Waals surface area contributed by atoms with Gasteiger partial charge in [-0.25, -0.2) is 8.78 Å². The van der Waals surface area contributed by atoms with E-state index in [0.717, 1.165) is 51.2 Å². The fraction of sp³-hybridized carbons (Fsp3) is 0.611. The van der Waals surface area contributed by atoms with Gasteiger partial charge in [-0.3, -0.25) is 9.69 Å². The highest BCUT2D eigenvalue weighted by Gasteiger charge is 2.40. The van der Waals surface area contributed by atoms with E-state index in [1.165, 1.54) is 6.07 Å². The number of halogens is 2. The van der Waals surface area contributed by atoms with Crippen LogP contribution in [0.25, 0.3) is 0 Å². The van der Waals surface area contributed by atoms with Gasteiger partial charge >= 0.3 is 0 Å². The highest BCUT2D eigenvalue weighted by atomic mass is 19.2. The molecule has 138 valence electrons. The van der Waals surface area contributed by atoms with Crippen molar-refractivity contribution in [3.63, 3.8) is 0 Å². The highest BCUT2D eigenvalue weighted by Crippen LogP contribution is 2.29. The number of hydrogen-bond acceptors (Lipinski definition) is 4. The van der Waals surface area contributed by atoms with Crippen LogP contribution in [0, 0.1) is 11.6 Å². The molecule has 1 amide bonds. The summed E-state index contributed by atoms with van der Waals surface area (Å²) in [6.07, 6.45) is 1.92. The Hall–Kier alpha value is -1.57. The molecule has 2 aliphatic rings. The summed E-state index contributed by atoms with van der Waals surface area (Å²) >= 11 is 0. The maximum atomic E-state index is 13.4. The zero-order valence-corrected chi connectivity index (χ0v) is 14.6. The molecule has 7 heteroatoms. The Morgan fingerprint density at radius 3 is 2.48 bits per heavy atom. The summed E-state index contributed by atoms with van der Waals surface area (Å²) in [5.74, 6) is -2.32. The quantitative estimate of drug-likeness (QED) is 0.891. The van der Waals surface area contributed by atoms with Crippen LogP contribution in [0.15, 0.2) is 18.2 Å². The number of benzene rings is 1. The summed E-state index contributed by atoms with van der Waals surface area (Å²) in [7, 11) is 2.10. The minimum Gasteiger partial charge on any atom is -0.379 e. The second-order valence-corrected chi connectivity index (χ2v) is 6.94. The zero-order valence-electron chi connectivity index (χ0n) is 14.6. The molecule has 2 aliphatic heterocycles. The number of ether oxygens (including phenoxy) is 1. The third kappa shape index (κ3) is 4.16. The molecule has 0 aromatic heterocycles. The van der Waals surface area contributed by atoms with Crippen molar-refractivity contribution in [1.29, 1.82) is 0 Å². The lowest BCUT2D eigenvalue weighted by molar-refractivity contribution is -0.0439. The Labute approximate surface area is 146 Å². The summed E-state index contributed by atoms with van der Waals surface area (Å²) in [6, 6.07) is 3.24. The van der Waals surface area contributed by atoms with Gasteiger partial charge in [0.15, 0.2) is 11.6 Å². The van der Waals surface area contributed by atoms with Gasteiger partial charge in [-0.05, 0) is 51.2 Å². The van der Waals surface area contributed by atoms with Crippen LogP contribution in [0.5, 0.6) is 0 Å². The van der Waals surface area contributed by atoms with Crippen molar-refractivity contribution >= 4 is 5.91 Å². The highest BCUT2D eigenvalue weighted by molar-refractivity contribution is 5.94. The average Bonchev–Trinajstić information content (AvgIpc) is 2.64. The number of carbonyl (C=O) groups excluding carboxylic acids is 1. The number of morpholine rings is 1. The number of likely N-dealkylation sites (tertiary alicyclic amines) is 1. The van der Waals surface area contributed by atoms with Gasteiger partial charge in [0.05, 0.1) is 13.2 Å². The first kappa shape index (κ1) is 18.2. The number of nitrogens with one attached hydrogen (secondary N) is 1. The molecule has 1 aromatic rings. The summed E-state index contributed by atoms with van der Waals surface area (Å²) in [4.78, 5) is 17.1. The van der Waals surface area contributed by atoms with Gasteiger partial charge in [0.2, 0.25) is 0 Å². The largest absolute Gasteiger partial charge is 0.379 e. The molecule has 3 rings (SSSR count). The molecule has 0 bridgehead atoms. The van der Waals surface area contributed by atoms with E-state index in [-0.39, 0.29) is 17.0 Å². The Balaban J connectivity index is 1.69. The predicted molar refractivity (Wildman–Crippen MR) is 90.5 cm³/mol. The number of amides is 1. The fourth-order valence-electron chi connectivity index (χ4n) is 3.66. The van der Waals surface area contributed by atoms with Crippen molar-refractivity contribution in [2.75, 3.05) is 53.0 Å². The van der Waals surface area contributed by atoms with Gasteiger partial charge < -0.3 is 15.0 Å². The van der Waals surface area contributed by atoms with E-state index in [1.807, 2.05) is 0 Å². The molecule has 2 saturated heterocycles. The topological polar surface area (TPSA) is 44.8 Å². The second kappa shape index (κ2) is 7.76. The second-order valence-electron chi connectivity index (χ2n) is 6.94. The van der Waals surface area contributed by atoms with Crippen molar-refractivity contribution in [2.24, 2.45) is 0 Å². The van der Waals surface area contributed by atoms with Gasteiger partial charge in [0.1, 0.15) is 0 Å². The van der Waals surface area contributed by atoms with Gasteiger partial charge in [0, 0.05) is 30.7 Å². The van der Waals surface area contributed by atoms with Crippen LogP contribution in [-0.4, -0.2) is 74.2 Å². The van der Waals surface area contributed by atoms with E-state index in [4.69, 9.17) is 4.74 Å². The summed E-state index contributed by atoms with van der Waals surface area (Å²) in [5, 5.41) is 2.94. The molecule has 0 unspecified atom stereocenters. The van der Waals surface area contributed by atoms with Crippen molar-refractivity contribution in [1.82, 2.24) is 15.1 Å². The van der Waals surface area contributed by atoms with Gasteiger partial charge in [-0.2, -0.15) is 0 Å². The van der Waals surface area contributed by atoms with Crippen LogP contribution in [0.3, 0.4) is 0 Å². The SMILES string of the molecule is CN1CCC(CNC(=O)c2ccc(F)c(F)c2)(N2CCOCC2)CC1. The van der Waals surface area contributed by atoms with Gasteiger partial charge in [0.25, 0.3) is 5.91 Å². The summed E-state index contributed by atoms with van der Waals surface area (Å²) in [6.45, 7) is 5.55. The molecule has 0 atom stereocenters. The van der Waals surface area contributed by atoms with E-state index < -0.39 is 11.6 Å². The molecule has 2 heterocycles. The number of rotatable bonds is 4. The fourth-order valence-corrected chi connectivity index (χ4v) is 3.66. The van der Waals surface area contributed by atoms with E-state index >= 15 is 0 Å². The Kier molecular flexibility index (Phi) is 5.66. The van der Waals surface area contributed by atoms with E-state index in [2.05, 4.69) is 22.2 Å². The normalized spacial score (nSPS) is 21.9. The predicted octanol–water partition coefficient (Wildman–Crippen LogP) is 1.49. The molecule has 2 fully saturated rings. The zero-order chi connectivity index (χ0) is 17.9. The third-order valence-electron chi connectivity index (χ3n) is 5.36. The third-order valence-corrected chi connectivity index (χ3v) is 5.36. The Morgan fingerprint density at radius 2 is 1.84 bits per heavy atom. The number of hydrogen-bond donors (Lipinski definition) is 1. The van der Waals surface area contributed by atoms with Crippen molar-refractivity contribution in [3.8, 4) is 0 Å². The lowest BCUT2D eigenvalue weighted by atomic mass is 9.85. The Morgan fingerprint density at radius 1 is 1.16 bits per heavy atom. The number of carbonyl (C=O) groups is 1. The van der Waals surface area contributed by atoms with Crippen LogP contribution in [0.4, 0.5) is 8.78 Å². The van der Waals surface area contributed by atoms with E-state index in [0.29, 0.717) is 19.8 Å². The average molecular weight is 353 g/mol. The van der Waals surface area contributed by atoms with Crippen LogP contribution in [-0.2, 0) is 4.74 Å². The molecule has 0 saturated carbocycles. The molecule has 25 heavy (non-hydrogen) atoms. The minimum absolute atomic E-state index is 0.107. The number of piperidine rings is 1. The molecular formula is C18H25F2N3O2. The van der Waals surface area contributed by atoms with E-state index in [9.17, 15) is 13.6 Å². The summed E-state index contributed by atoms with van der Waals surface area (Å²) in [5.41, 5.74) is 0.0359. The van der Waals surface area contributed by atoms with Crippen molar-refractivity contribution in [2.45, 2.75) is 18.4 Å². The first-order valence-corrected chi connectivity index (χ1v) is 8.75. The van der Waals surface area contributed by atoms with Crippen molar-refractivity contribution < 1.29 is 18.3 Å². The smallest absolute Gasteiger partial charge is 0.251 e. The van der Waals surface area contributed by atoms with Crippen LogP contribution >= 0.6 is 0 Å². The first-order chi connectivity index (χ1) is 12.0. The Bertz CT molecular complexity index is 612.